The number of hydrogen-bond acceptors (Lipinski definition) is 3. The van der Waals surface area contributed by atoms with E-state index in [-0.39, 0.29) is 0 Å². The Bertz CT molecular complexity index is 449. The average Bonchev–Trinajstić information content (AvgIpc) is 2.78. The molecule has 1 N–H and O–H groups in total. The molecule has 0 saturated carbocycles. The molecule has 0 aliphatic heterocycles. The van der Waals surface area contributed by atoms with E-state index in [9.17, 15) is 0 Å². The topological polar surface area (TPSA) is 42.7 Å². The van der Waals surface area contributed by atoms with Crippen LogP contribution in [0.3, 0.4) is 0 Å². The first kappa shape index (κ1) is 11.8. The van der Waals surface area contributed by atoms with E-state index in [1.54, 1.807) is 0 Å². The molecule has 0 saturated heterocycles. The van der Waals surface area contributed by atoms with Gasteiger partial charge in [-0.25, -0.2) is 0 Å². The Labute approximate surface area is 102 Å². The van der Waals surface area contributed by atoms with Crippen molar-refractivity contribution in [1.29, 1.82) is 0 Å². The third-order valence-corrected chi connectivity index (χ3v) is 2.89. The molecule has 1 unspecified atom stereocenters. The van der Waals surface area contributed by atoms with Crippen molar-refractivity contribution in [2.45, 2.75) is 18.9 Å². The standard InChI is InChI=1S/C13H18N4/c1-14-13(11-9-16-17(2)10-11)7-6-12-5-3-4-8-15-12/h3-5,8-10,13-14H,6-7H2,1-2H3. The van der Waals surface area contributed by atoms with Gasteiger partial charge < -0.3 is 5.32 Å². The zero-order chi connectivity index (χ0) is 12.1. The fourth-order valence-electron chi connectivity index (χ4n) is 1.94. The second kappa shape index (κ2) is 5.59. The van der Waals surface area contributed by atoms with Crippen molar-refractivity contribution in [1.82, 2.24) is 20.1 Å². The molecule has 4 heteroatoms. The summed E-state index contributed by atoms with van der Waals surface area (Å²) in [6, 6.07) is 6.38. The average molecular weight is 230 g/mol. The van der Waals surface area contributed by atoms with Crippen molar-refractivity contribution in [2.24, 2.45) is 7.05 Å². The Morgan fingerprint density at radius 3 is 2.88 bits per heavy atom. The Kier molecular flexibility index (Phi) is 3.88. The van der Waals surface area contributed by atoms with Crippen LogP contribution < -0.4 is 5.32 Å². The van der Waals surface area contributed by atoms with E-state index in [0.29, 0.717) is 6.04 Å². The summed E-state index contributed by atoms with van der Waals surface area (Å²) in [6.45, 7) is 0. The fraction of sp³-hybridized carbons (Fsp3) is 0.385. The van der Waals surface area contributed by atoms with Crippen molar-refractivity contribution < 1.29 is 0 Å². The van der Waals surface area contributed by atoms with Crippen molar-refractivity contribution >= 4 is 0 Å². The number of aromatic nitrogens is 3. The lowest BCUT2D eigenvalue weighted by molar-refractivity contribution is 0.545. The van der Waals surface area contributed by atoms with E-state index in [0.717, 1.165) is 18.5 Å². The van der Waals surface area contributed by atoms with Gasteiger partial charge in [-0.2, -0.15) is 5.10 Å². The van der Waals surface area contributed by atoms with Crippen LogP contribution in [0, 0.1) is 0 Å². The molecule has 0 aliphatic rings. The fourth-order valence-corrected chi connectivity index (χ4v) is 1.94. The highest BCUT2D eigenvalue weighted by Gasteiger charge is 2.11. The second-order valence-electron chi connectivity index (χ2n) is 4.15. The van der Waals surface area contributed by atoms with Crippen molar-refractivity contribution in [2.75, 3.05) is 7.05 Å². The quantitative estimate of drug-likeness (QED) is 0.850. The third-order valence-electron chi connectivity index (χ3n) is 2.89. The van der Waals surface area contributed by atoms with Gasteiger partial charge in [0.05, 0.1) is 6.20 Å². The lowest BCUT2D eigenvalue weighted by atomic mass is 10.0. The third kappa shape index (κ3) is 3.14. The SMILES string of the molecule is CNC(CCc1ccccn1)c1cnn(C)c1. The summed E-state index contributed by atoms with van der Waals surface area (Å²) in [6.07, 6.45) is 7.81. The Hall–Kier alpha value is -1.68. The monoisotopic (exact) mass is 230 g/mol. The molecule has 0 aliphatic carbocycles. The smallest absolute Gasteiger partial charge is 0.0537 e. The summed E-state index contributed by atoms with van der Waals surface area (Å²) in [5.41, 5.74) is 2.36. The summed E-state index contributed by atoms with van der Waals surface area (Å²) in [7, 11) is 3.92. The molecule has 1 atom stereocenters. The van der Waals surface area contributed by atoms with E-state index < -0.39 is 0 Å². The van der Waals surface area contributed by atoms with Crippen LogP contribution in [0.4, 0.5) is 0 Å². The van der Waals surface area contributed by atoms with Crippen LogP contribution in [-0.2, 0) is 13.5 Å². The van der Waals surface area contributed by atoms with E-state index >= 15 is 0 Å². The molecule has 0 amide bonds. The molecular weight excluding hydrogens is 212 g/mol. The maximum Gasteiger partial charge on any atom is 0.0537 e. The van der Waals surface area contributed by atoms with Crippen LogP contribution in [0.2, 0.25) is 0 Å². The van der Waals surface area contributed by atoms with Gasteiger partial charge in [-0.3, -0.25) is 9.67 Å². The second-order valence-corrected chi connectivity index (χ2v) is 4.15. The minimum atomic E-state index is 0.339. The maximum absolute atomic E-state index is 4.34. The Morgan fingerprint density at radius 1 is 1.41 bits per heavy atom. The number of rotatable bonds is 5. The lowest BCUT2D eigenvalue weighted by Gasteiger charge is -2.13. The molecule has 2 heterocycles. The first-order valence-electron chi connectivity index (χ1n) is 5.85. The van der Waals surface area contributed by atoms with Crippen molar-refractivity contribution in [3.05, 3.63) is 48.0 Å². The van der Waals surface area contributed by atoms with E-state index in [2.05, 4.69) is 27.7 Å². The maximum atomic E-state index is 4.34. The van der Waals surface area contributed by atoms with Gasteiger partial charge in [0.25, 0.3) is 0 Å². The summed E-state index contributed by atoms with van der Waals surface area (Å²) in [5.74, 6) is 0. The van der Waals surface area contributed by atoms with Gasteiger partial charge in [0.2, 0.25) is 0 Å². The largest absolute Gasteiger partial charge is 0.313 e. The van der Waals surface area contributed by atoms with Crippen LogP contribution in [0.1, 0.15) is 23.7 Å². The first-order chi connectivity index (χ1) is 8.29. The number of nitrogens with one attached hydrogen (secondary N) is 1. The number of aryl methyl sites for hydroxylation is 2. The number of hydrogen-bond donors (Lipinski definition) is 1. The minimum Gasteiger partial charge on any atom is -0.313 e. The van der Waals surface area contributed by atoms with Gasteiger partial charge in [0.15, 0.2) is 0 Å². The number of nitrogens with zero attached hydrogens (tertiary/aromatic N) is 3. The summed E-state index contributed by atoms with van der Waals surface area (Å²) < 4.78 is 1.83. The van der Waals surface area contributed by atoms with Gasteiger partial charge in [0.1, 0.15) is 0 Å². The van der Waals surface area contributed by atoms with Crippen molar-refractivity contribution in [3.8, 4) is 0 Å². The highest BCUT2D eigenvalue weighted by molar-refractivity contribution is 5.11. The van der Waals surface area contributed by atoms with E-state index in [1.807, 2.05) is 43.3 Å². The number of pyridine rings is 1. The van der Waals surface area contributed by atoms with E-state index in [1.165, 1.54) is 5.56 Å². The first-order valence-corrected chi connectivity index (χ1v) is 5.85. The van der Waals surface area contributed by atoms with Crippen LogP contribution >= 0.6 is 0 Å². The Balaban J connectivity index is 1.97. The van der Waals surface area contributed by atoms with Crippen LogP contribution in [0.5, 0.6) is 0 Å². The molecule has 0 radical (unpaired) electrons. The molecule has 0 bridgehead atoms. The minimum absolute atomic E-state index is 0.339. The van der Waals surface area contributed by atoms with Crippen LogP contribution in [-0.4, -0.2) is 21.8 Å². The highest BCUT2D eigenvalue weighted by atomic mass is 15.2. The normalized spacial score (nSPS) is 12.6. The van der Waals surface area contributed by atoms with Gasteiger partial charge in [0, 0.05) is 36.7 Å². The predicted octanol–water partition coefficient (Wildman–Crippen LogP) is 1.71. The van der Waals surface area contributed by atoms with Crippen LogP contribution in [0.25, 0.3) is 0 Å². The summed E-state index contributed by atoms with van der Waals surface area (Å²) in [5, 5.41) is 7.52. The molecule has 2 aromatic rings. The molecule has 0 fully saturated rings. The van der Waals surface area contributed by atoms with Gasteiger partial charge >= 0.3 is 0 Å². The molecule has 17 heavy (non-hydrogen) atoms. The predicted molar refractivity (Wildman–Crippen MR) is 67.6 cm³/mol. The zero-order valence-electron chi connectivity index (χ0n) is 10.3. The molecule has 4 nitrogen and oxygen atoms in total. The van der Waals surface area contributed by atoms with Crippen molar-refractivity contribution in [3.63, 3.8) is 0 Å². The Morgan fingerprint density at radius 2 is 2.29 bits per heavy atom. The van der Waals surface area contributed by atoms with Crippen LogP contribution in [0.15, 0.2) is 36.8 Å². The van der Waals surface area contributed by atoms with E-state index in [4.69, 9.17) is 0 Å². The summed E-state index contributed by atoms with van der Waals surface area (Å²) >= 11 is 0. The molecule has 2 rings (SSSR count). The summed E-state index contributed by atoms with van der Waals surface area (Å²) in [4.78, 5) is 4.34. The van der Waals surface area contributed by atoms with Gasteiger partial charge in [-0.1, -0.05) is 6.07 Å². The molecule has 0 aromatic carbocycles. The zero-order valence-corrected chi connectivity index (χ0v) is 10.3. The molecular formula is C13H18N4. The molecule has 2 aromatic heterocycles. The van der Waals surface area contributed by atoms with Gasteiger partial charge in [-0.05, 0) is 32.0 Å². The van der Waals surface area contributed by atoms with Gasteiger partial charge in [-0.15, -0.1) is 0 Å². The molecule has 0 spiro atoms. The molecule has 90 valence electrons. The highest BCUT2D eigenvalue weighted by Crippen LogP contribution is 2.17. The lowest BCUT2D eigenvalue weighted by Crippen LogP contribution is -2.16.